The van der Waals surface area contributed by atoms with Gasteiger partial charge in [0.2, 0.25) is 0 Å². The number of hydrogen-bond donors (Lipinski definition) is 0. The summed E-state index contributed by atoms with van der Waals surface area (Å²) < 4.78 is 17.6. The number of morpholine rings is 1. The number of ether oxygens (including phenoxy) is 2. The molecule has 2 fully saturated rings. The molecule has 0 saturated carbocycles. The van der Waals surface area contributed by atoms with E-state index in [1.807, 2.05) is 31.2 Å². The van der Waals surface area contributed by atoms with Gasteiger partial charge in [-0.15, -0.1) is 0 Å². The number of furan rings is 1. The molecule has 2 aromatic heterocycles. The molecule has 1 amide bonds. The van der Waals surface area contributed by atoms with E-state index in [0.717, 1.165) is 23.8 Å². The fourth-order valence-electron chi connectivity index (χ4n) is 3.56. The van der Waals surface area contributed by atoms with Gasteiger partial charge in [-0.3, -0.25) is 14.7 Å². The van der Waals surface area contributed by atoms with Crippen molar-refractivity contribution in [2.24, 2.45) is 0 Å². The van der Waals surface area contributed by atoms with Gasteiger partial charge >= 0.3 is 0 Å². The second-order valence-corrected chi connectivity index (χ2v) is 6.94. The lowest BCUT2D eigenvalue weighted by Crippen LogP contribution is -2.60. The molecule has 4 rings (SSSR count). The summed E-state index contributed by atoms with van der Waals surface area (Å²) in [5.41, 5.74) is 0.236. The highest BCUT2D eigenvalue weighted by atomic mass is 16.6. The number of amides is 1. The topological polar surface area (TPSA) is 68.0 Å². The van der Waals surface area contributed by atoms with Crippen molar-refractivity contribution in [2.75, 3.05) is 44.4 Å². The monoisotopic (exact) mass is 357 g/mol. The summed E-state index contributed by atoms with van der Waals surface area (Å²) in [6.45, 7) is 5.71. The quantitative estimate of drug-likeness (QED) is 0.832. The lowest BCUT2D eigenvalue weighted by molar-refractivity contribution is -0.146. The molecule has 1 unspecified atom stereocenters. The van der Waals surface area contributed by atoms with E-state index in [9.17, 15) is 4.79 Å². The molecule has 0 aliphatic carbocycles. The number of carbonyl (C=O) groups excluding carboxylic acids is 1. The number of carbonyl (C=O) groups is 1. The van der Waals surface area contributed by atoms with Gasteiger partial charge in [0.1, 0.15) is 23.7 Å². The maximum Gasteiger partial charge on any atom is 0.253 e. The van der Waals surface area contributed by atoms with E-state index in [-0.39, 0.29) is 12.5 Å². The molecule has 7 nitrogen and oxygen atoms in total. The van der Waals surface area contributed by atoms with Crippen molar-refractivity contribution in [3.05, 3.63) is 48.2 Å². The molecule has 4 heterocycles. The van der Waals surface area contributed by atoms with Gasteiger partial charge in [0.25, 0.3) is 5.91 Å². The maximum atomic E-state index is 12.4. The Morgan fingerprint density at radius 1 is 1.27 bits per heavy atom. The zero-order valence-electron chi connectivity index (χ0n) is 14.9. The molecule has 7 heteroatoms. The minimum atomic E-state index is -0.554. The van der Waals surface area contributed by atoms with Crippen LogP contribution in [0.5, 0.6) is 0 Å². The summed E-state index contributed by atoms with van der Waals surface area (Å²) in [7, 11) is 0. The maximum absolute atomic E-state index is 12.4. The average Bonchev–Trinajstić information content (AvgIpc) is 2.95. The molecule has 2 aromatic rings. The zero-order chi connectivity index (χ0) is 18.0. The van der Waals surface area contributed by atoms with E-state index in [1.54, 1.807) is 17.3 Å². The first-order chi connectivity index (χ1) is 12.6. The third-order valence-corrected chi connectivity index (χ3v) is 4.81. The predicted octanol–water partition coefficient (Wildman–Crippen LogP) is 1.62. The van der Waals surface area contributed by atoms with Crippen LogP contribution in [0, 0.1) is 6.92 Å². The van der Waals surface area contributed by atoms with Crippen molar-refractivity contribution in [1.82, 2.24) is 9.88 Å². The third-order valence-electron chi connectivity index (χ3n) is 4.81. The Kier molecular flexibility index (Phi) is 4.76. The number of nitrogens with zero attached hydrogens (tertiary/aromatic N) is 3. The molecule has 0 bridgehead atoms. The summed E-state index contributed by atoms with van der Waals surface area (Å²) in [5, 5.41) is 0. The van der Waals surface area contributed by atoms with E-state index < -0.39 is 5.60 Å². The van der Waals surface area contributed by atoms with Gasteiger partial charge in [-0.05, 0) is 31.2 Å². The fraction of sp³-hybridized carbons (Fsp3) is 0.474. The Bertz CT molecular complexity index is 763. The van der Waals surface area contributed by atoms with E-state index >= 15 is 0 Å². The van der Waals surface area contributed by atoms with Crippen LogP contribution in [0.15, 0.2) is 41.1 Å². The Morgan fingerprint density at radius 3 is 2.96 bits per heavy atom. The van der Waals surface area contributed by atoms with Gasteiger partial charge in [0.15, 0.2) is 0 Å². The van der Waals surface area contributed by atoms with E-state index in [2.05, 4.69) is 9.88 Å². The number of aryl methyl sites for hydroxylation is 1. The van der Waals surface area contributed by atoms with Crippen molar-refractivity contribution in [2.45, 2.75) is 19.1 Å². The second kappa shape index (κ2) is 7.19. The molecular formula is C19H23N3O4. The van der Waals surface area contributed by atoms with Gasteiger partial charge < -0.3 is 18.8 Å². The molecule has 0 N–H and O–H groups in total. The van der Waals surface area contributed by atoms with Gasteiger partial charge in [-0.1, -0.05) is 0 Å². The molecule has 2 aliphatic heterocycles. The lowest BCUT2D eigenvalue weighted by Gasteiger charge is -2.42. The zero-order valence-corrected chi connectivity index (χ0v) is 14.9. The number of anilines is 1. The first kappa shape index (κ1) is 17.2. The second-order valence-electron chi connectivity index (χ2n) is 6.94. The number of rotatable bonds is 3. The SMILES string of the molecule is Cc1ccc(CN2CCOCC3(C2)CN(c2cccnc2)C(=O)CO3)o1. The van der Waals surface area contributed by atoms with Crippen LogP contribution in [0.1, 0.15) is 11.5 Å². The Morgan fingerprint density at radius 2 is 2.19 bits per heavy atom. The van der Waals surface area contributed by atoms with Crippen molar-refractivity contribution >= 4 is 11.6 Å². The highest BCUT2D eigenvalue weighted by Crippen LogP contribution is 2.27. The van der Waals surface area contributed by atoms with Crippen LogP contribution in [-0.2, 0) is 20.8 Å². The van der Waals surface area contributed by atoms with Gasteiger partial charge in [-0.25, -0.2) is 0 Å². The highest BCUT2D eigenvalue weighted by molar-refractivity contribution is 5.95. The van der Waals surface area contributed by atoms with E-state index in [4.69, 9.17) is 13.9 Å². The number of hydrogen-bond acceptors (Lipinski definition) is 6. The van der Waals surface area contributed by atoms with Gasteiger partial charge in [0.05, 0.1) is 38.2 Å². The van der Waals surface area contributed by atoms with Crippen LogP contribution in [0.4, 0.5) is 5.69 Å². The summed E-state index contributed by atoms with van der Waals surface area (Å²) in [5.74, 6) is 1.78. The summed E-state index contributed by atoms with van der Waals surface area (Å²) in [6.07, 6.45) is 3.41. The van der Waals surface area contributed by atoms with Crippen LogP contribution in [0.3, 0.4) is 0 Å². The normalized spacial score (nSPS) is 24.8. The van der Waals surface area contributed by atoms with Crippen LogP contribution >= 0.6 is 0 Å². The highest BCUT2D eigenvalue weighted by Gasteiger charge is 2.43. The first-order valence-electron chi connectivity index (χ1n) is 8.83. The van der Waals surface area contributed by atoms with Crippen molar-refractivity contribution < 1.29 is 18.7 Å². The minimum Gasteiger partial charge on any atom is -0.465 e. The molecule has 2 aliphatic rings. The summed E-state index contributed by atoms with van der Waals surface area (Å²) in [4.78, 5) is 20.5. The van der Waals surface area contributed by atoms with Crippen molar-refractivity contribution in [3.63, 3.8) is 0 Å². The van der Waals surface area contributed by atoms with Crippen molar-refractivity contribution in [1.29, 1.82) is 0 Å². The Labute approximate surface area is 152 Å². The fourth-order valence-corrected chi connectivity index (χ4v) is 3.56. The van der Waals surface area contributed by atoms with Crippen LogP contribution in [0.2, 0.25) is 0 Å². The minimum absolute atomic E-state index is 0.0476. The molecule has 2 saturated heterocycles. The molecule has 1 spiro atoms. The molecule has 1 atom stereocenters. The van der Waals surface area contributed by atoms with E-state index in [1.165, 1.54) is 0 Å². The van der Waals surface area contributed by atoms with Gasteiger partial charge in [0, 0.05) is 19.3 Å². The van der Waals surface area contributed by atoms with Crippen molar-refractivity contribution in [3.8, 4) is 0 Å². The largest absolute Gasteiger partial charge is 0.465 e. The molecule has 26 heavy (non-hydrogen) atoms. The van der Waals surface area contributed by atoms with Gasteiger partial charge in [-0.2, -0.15) is 0 Å². The third kappa shape index (κ3) is 3.65. The molecule has 138 valence electrons. The standard InChI is InChI=1S/C19H23N3O4/c1-15-4-5-17(26-15)10-21-7-8-24-14-19(12-21)13-22(18(23)11-25-19)16-3-2-6-20-9-16/h2-6,9H,7-8,10-14H2,1H3. The van der Waals surface area contributed by atoms with Crippen LogP contribution in [-0.4, -0.2) is 60.8 Å². The Hall–Kier alpha value is -2.22. The summed E-state index contributed by atoms with van der Waals surface area (Å²) in [6, 6.07) is 7.70. The number of pyridine rings is 1. The lowest BCUT2D eigenvalue weighted by atomic mass is 10.0. The predicted molar refractivity (Wildman–Crippen MR) is 94.8 cm³/mol. The first-order valence-corrected chi connectivity index (χ1v) is 8.83. The molecule has 0 aromatic carbocycles. The number of aromatic nitrogens is 1. The molecule has 0 radical (unpaired) electrons. The van der Waals surface area contributed by atoms with Crippen LogP contribution in [0.25, 0.3) is 0 Å². The smallest absolute Gasteiger partial charge is 0.253 e. The average molecular weight is 357 g/mol. The Balaban J connectivity index is 1.52. The molecular weight excluding hydrogens is 334 g/mol. The summed E-state index contributed by atoms with van der Waals surface area (Å²) >= 11 is 0. The van der Waals surface area contributed by atoms with E-state index in [0.29, 0.717) is 32.8 Å². The van der Waals surface area contributed by atoms with Crippen LogP contribution < -0.4 is 4.90 Å².